The van der Waals surface area contributed by atoms with Gasteiger partial charge in [-0.2, -0.15) is 0 Å². The van der Waals surface area contributed by atoms with Gasteiger partial charge in [0.25, 0.3) is 0 Å². The Hall–Kier alpha value is -0.830. The van der Waals surface area contributed by atoms with Crippen LogP contribution in [0.3, 0.4) is 0 Å². The van der Waals surface area contributed by atoms with E-state index in [0.29, 0.717) is 0 Å². The summed E-state index contributed by atoms with van der Waals surface area (Å²) < 4.78 is 5.04. The zero-order valence-corrected chi connectivity index (χ0v) is 8.54. The van der Waals surface area contributed by atoms with Crippen molar-refractivity contribution in [2.24, 2.45) is 5.92 Å². The molecule has 0 aromatic heterocycles. The van der Waals surface area contributed by atoms with Gasteiger partial charge in [0.15, 0.2) is 5.78 Å². The predicted molar refractivity (Wildman–Crippen MR) is 51.4 cm³/mol. The van der Waals surface area contributed by atoms with Gasteiger partial charge in [0.2, 0.25) is 0 Å². The number of nitrogens with zero attached hydrogens (tertiary/aromatic N) is 1. The number of methoxy groups -OCH3 is 1. The molecule has 1 unspecified atom stereocenters. The van der Waals surface area contributed by atoms with Crippen LogP contribution in [-0.4, -0.2) is 38.4 Å². The maximum atomic E-state index is 11.5. The average molecular weight is 183 g/mol. The number of ketones is 1. The second-order valence-electron chi connectivity index (χ2n) is 3.71. The SMILES string of the molecule is COC1=CC(=O)C(CN(C)C)CC1. The third-order valence-electron chi connectivity index (χ3n) is 2.29. The first-order chi connectivity index (χ1) is 6.13. The molecule has 74 valence electrons. The first-order valence-electron chi connectivity index (χ1n) is 4.56. The molecule has 1 atom stereocenters. The number of rotatable bonds is 3. The lowest BCUT2D eigenvalue weighted by Gasteiger charge is -2.22. The standard InChI is InChI=1S/C10H17NO2/c1-11(2)7-8-4-5-9(13-3)6-10(8)12/h6,8H,4-5,7H2,1-3H3. The summed E-state index contributed by atoms with van der Waals surface area (Å²) in [7, 11) is 5.59. The van der Waals surface area contributed by atoms with Gasteiger partial charge in [-0.15, -0.1) is 0 Å². The number of carbonyl (C=O) groups is 1. The Morgan fingerprint density at radius 2 is 2.31 bits per heavy atom. The summed E-state index contributed by atoms with van der Waals surface area (Å²) in [5.74, 6) is 1.19. The molecule has 3 heteroatoms. The molecule has 0 aliphatic heterocycles. The molecule has 0 saturated heterocycles. The van der Waals surface area contributed by atoms with Gasteiger partial charge in [0.05, 0.1) is 12.9 Å². The summed E-state index contributed by atoms with van der Waals surface area (Å²) in [5.41, 5.74) is 0. The van der Waals surface area contributed by atoms with Gasteiger partial charge in [-0.05, 0) is 20.5 Å². The summed E-state index contributed by atoms with van der Waals surface area (Å²) >= 11 is 0. The van der Waals surface area contributed by atoms with E-state index in [-0.39, 0.29) is 11.7 Å². The van der Waals surface area contributed by atoms with Crippen LogP contribution in [-0.2, 0) is 9.53 Å². The average Bonchev–Trinajstić information content (AvgIpc) is 2.08. The predicted octanol–water partition coefficient (Wildman–Crippen LogP) is 1.06. The van der Waals surface area contributed by atoms with Gasteiger partial charge >= 0.3 is 0 Å². The van der Waals surface area contributed by atoms with E-state index in [4.69, 9.17) is 4.74 Å². The molecule has 1 rings (SSSR count). The molecule has 0 bridgehead atoms. The molecular formula is C10H17NO2. The van der Waals surface area contributed by atoms with E-state index in [2.05, 4.69) is 0 Å². The maximum Gasteiger partial charge on any atom is 0.163 e. The Bertz CT molecular complexity index is 221. The first-order valence-corrected chi connectivity index (χ1v) is 4.56. The number of carbonyl (C=O) groups excluding carboxylic acids is 1. The van der Waals surface area contributed by atoms with Crippen molar-refractivity contribution in [3.05, 3.63) is 11.8 Å². The Morgan fingerprint density at radius 3 is 2.77 bits per heavy atom. The molecule has 3 nitrogen and oxygen atoms in total. The number of allylic oxidation sites excluding steroid dienone is 2. The summed E-state index contributed by atoms with van der Waals surface area (Å²) in [6, 6.07) is 0. The van der Waals surface area contributed by atoms with Crippen LogP contribution in [0.5, 0.6) is 0 Å². The van der Waals surface area contributed by atoms with Crippen molar-refractivity contribution in [3.63, 3.8) is 0 Å². The molecule has 0 heterocycles. The maximum absolute atomic E-state index is 11.5. The Morgan fingerprint density at radius 1 is 1.62 bits per heavy atom. The minimum Gasteiger partial charge on any atom is -0.501 e. The number of hydrogen-bond acceptors (Lipinski definition) is 3. The quantitative estimate of drug-likeness (QED) is 0.655. The van der Waals surface area contributed by atoms with E-state index < -0.39 is 0 Å². The molecule has 0 aromatic rings. The van der Waals surface area contributed by atoms with Crippen molar-refractivity contribution in [2.45, 2.75) is 12.8 Å². The fourth-order valence-corrected chi connectivity index (χ4v) is 1.59. The second-order valence-corrected chi connectivity index (χ2v) is 3.71. The zero-order chi connectivity index (χ0) is 9.84. The minimum atomic E-state index is 0.161. The van der Waals surface area contributed by atoms with Crippen molar-refractivity contribution in [1.82, 2.24) is 4.90 Å². The smallest absolute Gasteiger partial charge is 0.163 e. The second kappa shape index (κ2) is 4.42. The van der Waals surface area contributed by atoms with E-state index in [1.54, 1.807) is 13.2 Å². The molecule has 0 spiro atoms. The van der Waals surface area contributed by atoms with E-state index in [9.17, 15) is 4.79 Å². The molecular weight excluding hydrogens is 166 g/mol. The topological polar surface area (TPSA) is 29.5 Å². The summed E-state index contributed by atoms with van der Waals surface area (Å²) in [6.45, 7) is 0.840. The van der Waals surface area contributed by atoms with Crippen LogP contribution in [0.25, 0.3) is 0 Å². The highest BCUT2D eigenvalue weighted by molar-refractivity contribution is 5.93. The highest BCUT2D eigenvalue weighted by Crippen LogP contribution is 2.21. The van der Waals surface area contributed by atoms with E-state index in [1.165, 1.54) is 0 Å². The molecule has 0 radical (unpaired) electrons. The van der Waals surface area contributed by atoms with Crippen molar-refractivity contribution in [1.29, 1.82) is 0 Å². The van der Waals surface area contributed by atoms with Gasteiger partial charge < -0.3 is 9.64 Å². The minimum absolute atomic E-state index is 0.161. The Labute approximate surface area is 79.4 Å². The first kappa shape index (κ1) is 10.3. The van der Waals surface area contributed by atoms with Crippen LogP contribution in [0.15, 0.2) is 11.8 Å². The molecule has 1 aliphatic carbocycles. The van der Waals surface area contributed by atoms with Crippen LogP contribution < -0.4 is 0 Å². The van der Waals surface area contributed by atoms with E-state index in [1.807, 2.05) is 19.0 Å². The third kappa shape index (κ3) is 2.84. The van der Waals surface area contributed by atoms with Crippen molar-refractivity contribution < 1.29 is 9.53 Å². The largest absolute Gasteiger partial charge is 0.501 e. The van der Waals surface area contributed by atoms with Gasteiger partial charge in [0.1, 0.15) is 0 Å². The van der Waals surface area contributed by atoms with Crippen molar-refractivity contribution in [3.8, 4) is 0 Å². The van der Waals surface area contributed by atoms with Gasteiger partial charge in [0, 0.05) is 25.0 Å². The third-order valence-corrected chi connectivity index (χ3v) is 2.29. The van der Waals surface area contributed by atoms with Crippen LogP contribution in [0, 0.1) is 5.92 Å². The monoisotopic (exact) mass is 183 g/mol. The van der Waals surface area contributed by atoms with Crippen LogP contribution in [0.2, 0.25) is 0 Å². The molecule has 13 heavy (non-hydrogen) atoms. The normalized spacial score (nSPS) is 23.2. The fraction of sp³-hybridized carbons (Fsp3) is 0.700. The number of ether oxygens (including phenoxy) is 1. The van der Waals surface area contributed by atoms with E-state index >= 15 is 0 Å². The molecule has 1 aliphatic rings. The molecule has 0 fully saturated rings. The molecule has 0 N–H and O–H groups in total. The fourth-order valence-electron chi connectivity index (χ4n) is 1.59. The summed E-state index contributed by atoms with van der Waals surface area (Å²) in [5, 5.41) is 0. The van der Waals surface area contributed by atoms with Crippen LogP contribution in [0.1, 0.15) is 12.8 Å². The highest BCUT2D eigenvalue weighted by Gasteiger charge is 2.22. The lowest BCUT2D eigenvalue weighted by Crippen LogP contribution is -2.29. The molecule has 0 aromatic carbocycles. The van der Waals surface area contributed by atoms with Crippen molar-refractivity contribution >= 4 is 5.78 Å². The lowest BCUT2D eigenvalue weighted by molar-refractivity contribution is -0.119. The van der Waals surface area contributed by atoms with E-state index in [0.717, 1.165) is 25.1 Å². The summed E-state index contributed by atoms with van der Waals surface area (Å²) in [4.78, 5) is 13.6. The molecule has 0 amide bonds. The zero-order valence-electron chi connectivity index (χ0n) is 8.54. The van der Waals surface area contributed by atoms with Gasteiger partial charge in [-0.1, -0.05) is 0 Å². The van der Waals surface area contributed by atoms with Crippen molar-refractivity contribution in [2.75, 3.05) is 27.7 Å². The number of hydrogen-bond donors (Lipinski definition) is 0. The van der Waals surface area contributed by atoms with Crippen LogP contribution in [0.4, 0.5) is 0 Å². The van der Waals surface area contributed by atoms with Gasteiger partial charge in [-0.3, -0.25) is 4.79 Å². The highest BCUT2D eigenvalue weighted by atomic mass is 16.5. The lowest BCUT2D eigenvalue weighted by atomic mass is 9.92. The molecule has 0 saturated carbocycles. The van der Waals surface area contributed by atoms with Gasteiger partial charge in [-0.25, -0.2) is 0 Å². The van der Waals surface area contributed by atoms with Crippen LogP contribution >= 0.6 is 0 Å². The Balaban J connectivity index is 2.55. The summed E-state index contributed by atoms with van der Waals surface area (Å²) in [6.07, 6.45) is 3.44. The Kier molecular flexibility index (Phi) is 3.48.